The van der Waals surface area contributed by atoms with Gasteiger partial charge in [-0.05, 0) is 31.7 Å². The molecule has 0 N–H and O–H groups in total. The standard InChI is InChI=1S/C13H16BrNO2/c1-9-7-12(13(16)17-9)15(2)8-10-3-5-11(14)6-4-10/h3-6,9,12H,7-8H2,1-2H3. The summed E-state index contributed by atoms with van der Waals surface area (Å²) in [4.78, 5) is 13.6. The van der Waals surface area contributed by atoms with Crippen LogP contribution >= 0.6 is 15.9 Å². The van der Waals surface area contributed by atoms with Gasteiger partial charge in [-0.25, -0.2) is 0 Å². The molecule has 0 aromatic heterocycles. The first-order valence-corrected chi connectivity index (χ1v) is 6.51. The van der Waals surface area contributed by atoms with Crippen LogP contribution in [0.1, 0.15) is 18.9 Å². The second kappa shape index (κ2) is 5.19. The lowest BCUT2D eigenvalue weighted by molar-refractivity contribution is -0.144. The number of rotatable bonds is 3. The Morgan fingerprint density at radius 1 is 1.41 bits per heavy atom. The number of benzene rings is 1. The van der Waals surface area contributed by atoms with Crippen molar-refractivity contribution in [1.82, 2.24) is 4.90 Å². The second-order valence-electron chi connectivity index (χ2n) is 4.54. The lowest BCUT2D eigenvalue weighted by Gasteiger charge is -2.20. The van der Waals surface area contributed by atoms with Crippen molar-refractivity contribution >= 4 is 21.9 Å². The van der Waals surface area contributed by atoms with E-state index in [4.69, 9.17) is 4.74 Å². The van der Waals surface area contributed by atoms with Crippen LogP contribution in [0.25, 0.3) is 0 Å². The molecule has 1 aliphatic heterocycles. The average Bonchev–Trinajstić information content (AvgIpc) is 2.61. The van der Waals surface area contributed by atoms with Crippen LogP contribution in [0.5, 0.6) is 0 Å². The van der Waals surface area contributed by atoms with Crippen LogP contribution in [0.2, 0.25) is 0 Å². The molecular formula is C13H16BrNO2. The molecule has 3 nitrogen and oxygen atoms in total. The van der Waals surface area contributed by atoms with Crippen LogP contribution in [-0.4, -0.2) is 30.1 Å². The zero-order valence-corrected chi connectivity index (χ0v) is 11.6. The molecule has 17 heavy (non-hydrogen) atoms. The molecule has 1 saturated heterocycles. The lowest BCUT2D eigenvalue weighted by atomic mass is 10.1. The molecule has 0 amide bonds. The number of carbonyl (C=O) groups is 1. The fourth-order valence-electron chi connectivity index (χ4n) is 2.08. The number of halogens is 1. The minimum absolute atomic E-state index is 0.0415. The van der Waals surface area contributed by atoms with Gasteiger partial charge in [0.15, 0.2) is 0 Å². The highest BCUT2D eigenvalue weighted by Gasteiger charge is 2.34. The molecule has 0 aliphatic carbocycles. The van der Waals surface area contributed by atoms with E-state index in [-0.39, 0.29) is 18.1 Å². The van der Waals surface area contributed by atoms with E-state index in [2.05, 4.69) is 33.0 Å². The van der Waals surface area contributed by atoms with Crippen LogP contribution in [0.15, 0.2) is 28.7 Å². The molecule has 1 aromatic rings. The number of nitrogens with zero attached hydrogens (tertiary/aromatic N) is 1. The number of ether oxygens (including phenoxy) is 1. The Morgan fingerprint density at radius 3 is 2.59 bits per heavy atom. The summed E-state index contributed by atoms with van der Waals surface area (Å²) >= 11 is 3.41. The van der Waals surface area contributed by atoms with Gasteiger partial charge in [0, 0.05) is 17.4 Å². The predicted molar refractivity (Wildman–Crippen MR) is 69.6 cm³/mol. The molecule has 2 rings (SSSR count). The van der Waals surface area contributed by atoms with Gasteiger partial charge in [-0.15, -0.1) is 0 Å². The van der Waals surface area contributed by atoms with Gasteiger partial charge in [0.2, 0.25) is 0 Å². The van der Waals surface area contributed by atoms with Crippen molar-refractivity contribution in [3.05, 3.63) is 34.3 Å². The van der Waals surface area contributed by atoms with Crippen LogP contribution in [0.4, 0.5) is 0 Å². The van der Waals surface area contributed by atoms with Crippen molar-refractivity contribution in [2.24, 2.45) is 0 Å². The summed E-state index contributed by atoms with van der Waals surface area (Å²) in [7, 11) is 1.96. The van der Waals surface area contributed by atoms with Gasteiger partial charge >= 0.3 is 5.97 Å². The number of hydrogen-bond donors (Lipinski definition) is 0. The topological polar surface area (TPSA) is 29.5 Å². The first kappa shape index (κ1) is 12.6. The first-order valence-electron chi connectivity index (χ1n) is 5.71. The van der Waals surface area contributed by atoms with Crippen molar-refractivity contribution in [1.29, 1.82) is 0 Å². The molecule has 0 bridgehead atoms. The summed E-state index contributed by atoms with van der Waals surface area (Å²) in [5.74, 6) is -0.0999. The fraction of sp³-hybridized carbons (Fsp3) is 0.462. The molecule has 1 aliphatic rings. The van der Waals surface area contributed by atoms with E-state index in [1.54, 1.807) is 0 Å². The van der Waals surface area contributed by atoms with Crippen molar-refractivity contribution in [2.75, 3.05) is 7.05 Å². The molecule has 1 fully saturated rings. The van der Waals surface area contributed by atoms with Gasteiger partial charge in [-0.2, -0.15) is 0 Å². The maximum atomic E-state index is 11.6. The maximum Gasteiger partial charge on any atom is 0.323 e. The van der Waals surface area contributed by atoms with Gasteiger partial charge in [0.05, 0.1) is 0 Å². The molecule has 1 heterocycles. The van der Waals surface area contributed by atoms with Gasteiger partial charge < -0.3 is 4.74 Å². The normalized spacial score (nSPS) is 24.1. The quantitative estimate of drug-likeness (QED) is 0.803. The smallest absolute Gasteiger partial charge is 0.323 e. The Bertz CT molecular complexity index is 404. The van der Waals surface area contributed by atoms with Crippen molar-refractivity contribution in [2.45, 2.75) is 32.0 Å². The number of cyclic esters (lactones) is 1. The van der Waals surface area contributed by atoms with Crippen LogP contribution in [0, 0.1) is 0 Å². The van der Waals surface area contributed by atoms with E-state index in [1.807, 2.05) is 26.1 Å². The average molecular weight is 298 g/mol. The van der Waals surface area contributed by atoms with Gasteiger partial charge in [-0.1, -0.05) is 28.1 Å². The van der Waals surface area contributed by atoms with Crippen molar-refractivity contribution in [3.8, 4) is 0 Å². The predicted octanol–water partition coefficient (Wildman–Crippen LogP) is 2.58. The van der Waals surface area contributed by atoms with Gasteiger partial charge in [0.25, 0.3) is 0 Å². The Kier molecular flexibility index (Phi) is 3.84. The monoisotopic (exact) mass is 297 g/mol. The molecule has 0 radical (unpaired) electrons. The third-order valence-electron chi connectivity index (χ3n) is 3.02. The minimum atomic E-state index is -0.103. The maximum absolute atomic E-state index is 11.6. The van der Waals surface area contributed by atoms with Crippen molar-refractivity contribution < 1.29 is 9.53 Å². The summed E-state index contributed by atoms with van der Waals surface area (Å²) in [5.41, 5.74) is 1.20. The third-order valence-corrected chi connectivity index (χ3v) is 3.55. The summed E-state index contributed by atoms with van der Waals surface area (Å²) in [6, 6.07) is 8.04. The SMILES string of the molecule is CC1CC(N(C)Cc2ccc(Br)cc2)C(=O)O1. The number of hydrogen-bond acceptors (Lipinski definition) is 3. The van der Waals surface area contributed by atoms with E-state index in [9.17, 15) is 4.79 Å². The van der Waals surface area contributed by atoms with Gasteiger partial charge in [0.1, 0.15) is 12.1 Å². The summed E-state index contributed by atoms with van der Waals surface area (Å²) in [6.45, 7) is 2.70. The molecule has 0 spiro atoms. The molecule has 92 valence electrons. The molecule has 0 saturated carbocycles. The fourth-order valence-corrected chi connectivity index (χ4v) is 2.35. The third kappa shape index (κ3) is 3.07. The Morgan fingerprint density at radius 2 is 2.06 bits per heavy atom. The van der Waals surface area contributed by atoms with Crippen LogP contribution in [0.3, 0.4) is 0 Å². The molecule has 2 atom stereocenters. The lowest BCUT2D eigenvalue weighted by Crippen LogP contribution is -2.34. The Balaban J connectivity index is 1.99. The van der Waals surface area contributed by atoms with E-state index >= 15 is 0 Å². The summed E-state index contributed by atoms with van der Waals surface area (Å²) in [6.07, 6.45) is 0.825. The zero-order valence-electron chi connectivity index (χ0n) is 10.0. The molecular weight excluding hydrogens is 282 g/mol. The van der Waals surface area contributed by atoms with Gasteiger partial charge in [-0.3, -0.25) is 9.69 Å². The largest absolute Gasteiger partial charge is 0.461 e. The summed E-state index contributed by atoms with van der Waals surface area (Å²) < 4.78 is 6.23. The van der Waals surface area contributed by atoms with Crippen LogP contribution in [-0.2, 0) is 16.1 Å². The molecule has 2 unspecified atom stereocenters. The number of carbonyl (C=O) groups excluding carboxylic acids is 1. The Labute approximate surface area is 110 Å². The zero-order chi connectivity index (χ0) is 12.4. The molecule has 4 heteroatoms. The Hall–Kier alpha value is -0.870. The van der Waals surface area contributed by atoms with Crippen LogP contribution < -0.4 is 0 Å². The number of esters is 1. The van der Waals surface area contributed by atoms with E-state index < -0.39 is 0 Å². The number of likely N-dealkylation sites (N-methyl/N-ethyl adjacent to an activating group) is 1. The highest BCUT2D eigenvalue weighted by atomic mass is 79.9. The molecule has 1 aromatic carbocycles. The minimum Gasteiger partial charge on any atom is -0.461 e. The van der Waals surface area contributed by atoms with E-state index in [1.165, 1.54) is 5.56 Å². The van der Waals surface area contributed by atoms with E-state index in [0.29, 0.717) is 0 Å². The summed E-state index contributed by atoms with van der Waals surface area (Å²) in [5, 5.41) is 0. The van der Waals surface area contributed by atoms with Crippen molar-refractivity contribution in [3.63, 3.8) is 0 Å². The van der Waals surface area contributed by atoms with E-state index in [0.717, 1.165) is 17.4 Å². The second-order valence-corrected chi connectivity index (χ2v) is 5.46. The first-order chi connectivity index (χ1) is 8.06. The highest BCUT2D eigenvalue weighted by molar-refractivity contribution is 9.10. The highest BCUT2D eigenvalue weighted by Crippen LogP contribution is 2.20.